The van der Waals surface area contributed by atoms with E-state index in [0.717, 1.165) is 41.2 Å². The van der Waals surface area contributed by atoms with Gasteiger partial charge in [0.05, 0.1) is 17.3 Å². The Kier molecular flexibility index (Phi) is 4.99. The highest BCUT2D eigenvalue weighted by Gasteiger charge is 2.37. The second-order valence-corrected chi connectivity index (χ2v) is 7.62. The number of rotatable bonds is 4. The lowest BCUT2D eigenvalue weighted by molar-refractivity contribution is -0.122. The Labute approximate surface area is 162 Å². The predicted molar refractivity (Wildman–Crippen MR) is 110 cm³/mol. The van der Waals surface area contributed by atoms with Crippen LogP contribution in [0, 0.1) is 5.92 Å². The Bertz CT molecular complexity index is 925. The SMILES string of the molecule is CSc1cccc(NC(=O)CN2C(=O)[C@H]3CCCC3=Nc3ccccc32)c1. The highest BCUT2D eigenvalue weighted by Crippen LogP contribution is 2.37. The van der Waals surface area contributed by atoms with E-state index < -0.39 is 0 Å². The van der Waals surface area contributed by atoms with Crippen LogP contribution >= 0.6 is 11.8 Å². The summed E-state index contributed by atoms with van der Waals surface area (Å²) in [6.45, 7) is -0.0152. The van der Waals surface area contributed by atoms with Crippen LogP contribution < -0.4 is 10.2 Å². The monoisotopic (exact) mass is 379 g/mol. The van der Waals surface area contributed by atoms with Gasteiger partial charge in [0.15, 0.2) is 0 Å². The summed E-state index contributed by atoms with van der Waals surface area (Å²) in [5.41, 5.74) is 3.16. The van der Waals surface area contributed by atoms with E-state index >= 15 is 0 Å². The number of hydrogen-bond donors (Lipinski definition) is 1. The van der Waals surface area contributed by atoms with Crippen molar-refractivity contribution < 1.29 is 9.59 Å². The number of nitrogens with one attached hydrogen (secondary N) is 1. The van der Waals surface area contributed by atoms with E-state index in [1.54, 1.807) is 16.7 Å². The van der Waals surface area contributed by atoms with Gasteiger partial charge in [0, 0.05) is 16.3 Å². The molecule has 1 fully saturated rings. The molecule has 1 heterocycles. The van der Waals surface area contributed by atoms with Crippen LogP contribution in [-0.2, 0) is 9.59 Å². The first-order valence-electron chi connectivity index (χ1n) is 9.07. The standard InChI is InChI=1S/C21H21N3O2S/c1-27-15-7-4-6-14(12-15)22-20(25)13-24-19-11-3-2-9-18(19)23-17-10-5-8-16(17)21(24)26/h2-4,6-7,9,11-12,16H,5,8,10,13H2,1H3,(H,22,25)/t16-/m0/s1. The van der Waals surface area contributed by atoms with E-state index in [1.807, 2.05) is 54.8 Å². The molecule has 5 nitrogen and oxygen atoms in total. The highest BCUT2D eigenvalue weighted by atomic mass is 32.2. The molecule has 2 amide bonds. The average Bonchev–Trinajstić information content (AvgIpc) is 3.11. The molecule has 138 valence electrons. The van der Waals surface area contributed by atoms with Crippen LogP contribution in [-0.4, -0.2) is 30.3 Å². The molecule has 0 radical (unpaired) electrons. The molecule has 1 atom stereocenters. The minimum Gasteiger partial charge on any atom is -0.324 e. The summed E-state index contributed by atoms with van der Waals surface area (Å²) in [6.07, 6.45) is 4.62. The van der Waals surface area contributed by atoms with Gasteiger partial charge < -0.3 is 10.2 Å². The average molecular weight is 379 g/mol. The lowest BCUT2D eigenvalue weighted by atomic mass is 10.1. The third-order valence-corrected chi connectivity index (χ3v) is 5.71. The first kappa shape index (κ1) is 17.8. The number of thioether (sulfide) groups is 1. The zero-order valence-corrected chi connectivity index (χ0v) is 16.0. The zero-order valence-electron chi connectivity index (χ0n) is 15.1. The van der Waals surface area contributed by atoms with E-state index in [4.69, 9.17) is 4.99 Å². The van der Waals surface area contributed by atoms with Crippen LogP contribution in [0.1, 0.15) is 19.3 Å². The van der Waals surface area contributed by atoms with Crippen molar-refractivity contribution in [1.29, 1.82) is 0 Å². The molecule has 4 rings (SSSR count). The van der Waals surface area contributed by atoms with Crippen LogP contribution in [0.3, 0.4) is 0 Å². The molecule has 2 aromatic carbocycles. The Morgan fingerprint density at radius 1 is 1.26 bits per heavy atom. The summed E-state index contributed by atoms with van der Waals surface area (Å²) >= 11 is 1.62. The molecule has 1 aliphatic carbocycles. The van der Waals surface area contributed by atoms with Crippen molar-refractivity contribution in [1.82, 2.24) is 0 Å². The molecule has 0 saturated heterocycles. The smallest absolute Gasteiger partial charge is 0.244 e. The molecule has 1 saturated carbocycles. The minimum atomic E-state index is -0.210. The van der Waals surface area contributed by atoms with Crippen molar-refractivity contribution in [2.45, 2.75) is 24.2 Å². The van der Waals surface area contributed by atoms with E-state index in [-0.39, 0.29) is 24.3 Å². The number of carbonyl (C=O) groups is 2. The number of fused-ring (bicyclic) bond motifs is 2. The van der Waals surface area contributed by atoms with Gasteiger partial charge in [0.1, 0.15) is 6.54 Å². The predicted octanol–water partition coefficient (Wildman–Crippen LogP) is 4.27. The van der Waals surface area contributed by atoms with Crippen molar-refractivity contribution in [3.05, 3.63) is 48.5 Å². The minimum absolute atomic E-state index is 0.0152. The number of amides is 2. The number of hydrogen-bond acceptors (Lipinski definition) is 4. The van der Waals surface area contributed by atoms with Crippen molar-refractivity contribution in [3.63, 3.8) is 0 Å². The van der Waals surface area contributed by atoms with Gasteiger partial charge in [-0.25, -0.2) is 0 Å². The van der Waals surface area contributed by atoms with Gasteiger partial charge in [-0.05, 0) is 55.9 Å². The van der Waals surface area contributed by atoms with Gasteiger partial charge >= 0.3 is 0 Å². The lowest BCUT2D eigenvalue weighted by Gasteiger charge is -2.24. The molecule has 2 aromatic rings. The second-order valence-electron chi connectivity index (χ2n) is 6.74. The highest BCUT2D eigenvalue weighted by molar-refractivity contribution is 7.98. The fourth-order valence-electron chi connectivity index (χ4n) is 3.68. The van der Waals surface area contributed by atoms with Crippen LogP contribution in [0.25, 0.3) is 0 Å². The van der Waals surface area contributed by atoms with Crippen molar-refractivity contribution >= 4 is 46.4 Å². The molecular weight excluding hydrogens is 358 g/mol. The summed E-state index contributed by atoms with van der Waals surface area (Å²) in [5, 5.41) is 2.91. The van der Waals surface area contributed by atoms with Crippen molar-refractivity contribution in [2.24, 2.45) is 10.9 Å². The number of carbonyl (C=O) groups excluding carboxylic acids is 2. The summed E-state index contributed by atoms with van der Waals surface area (Å²) in [7, 11) is 0. The number of anilines is 2. The summed E-state index contributed by atoms with van der Waals surface area (Å²) in [5.74, 6) is -0.438. The van der Waals surface area contributed by atoms with Gasteiger partial charge in [-0.3, -0.25) is 14.6 Å². The first-order valence-corrected chi connectivity index (χ1v) is 10.3. The zero-order chi connectivity index (χ0) is 18.8. The third-order valence-electron chi connectivity index (χ3n) is 4.98. The second kappa shape index (κ2) is 7.56. The normalized spacial score (nSPS) is 18.4. The lowest BCUT2D eigenvalue weighted by Crippen LogP contribution is -2.41. The number of aliphatic imine (C=N–C) groups is 1. The molecule has 0 spiro atoms. The molecule has 2 aliphatic rings. The van der Waals surface area contributed by atoms with Crippen LogP contribution in [0.15, 0.2) is 58.4 Å². The maximum atomic E-state index is 13.1. The van der Waals surface area contributed by atoms with Gasteiger partial charge in [-0.15, -0.1) is 11.8 Å². The Hall–Kier alpha value is -2.60. The fraction of sp³-hybridized carbons (Fsp3) is 0.286. The molecule has 0 bridgehead atoms. The van der Waals surface area contributed by atoms with Gasteiger partial charge in [-0.2, -0.15) is 0 Å². The van der Waals surface area contributed by atoms with E-state index in [2.05, 4.69) is 5.32 Å². The number of nitrogens with zero attached hydrogens (tertiary/aromatic N) is 2. The van der Waals surface area contributed by atoms with Gasteiger partial charge in [0.2, 0.25) is 11.8 Å². The first-order chi connectivity index (χ1) is 13.2. The van der Waals surface area contributed by atoms with E-state index in [1.165, 1.54) is 0 Å². The van der Waals surface area contributed by atoms with Crippen molar-refractivity contribution in [3.8, 4) is 0 Å². The molecule has 6 heteroatoms. The van der Waals surface area contributed by atoms with Crippen LogP contribution in [0.4, 0.5) is 17.1 Å². The molecule has 0 unspecified atom stereocenters. The van der Waals surface area contributed by atoms with Crippen LogP contribution in [0.2, 0.25) is 0 Å². The largest absolute Gasteiger partial charge is 0.324 e. The maximum Gasteiger partial charge on any atom is 0.244 e. The molecule has 27 heavy (non-hydrogen) atoms. The molecular formula is C21H21N3O2S. The quantitative estimate of drug-likeness (QED) is 0.807. The van der Waals surface area contributed by atoms with Crippen molar-refractivity contribution in [2.75, 3.05) is 23.0 Å². The van der Waals surface area contributed by atoms with E-state index in [0.29, 0.717) is 5.69 Å². The summed E-state index contributed by atoms with van der Waals surface area (Å²) < 4.78 is 0. The summed E-state index contributed by atoms with van der Waals surface area (Å²) in [4.78, 5) is 33.2. The fourth-order valence-corrected chi connectivity index (χ4v) is 4.14. The molecule has 1 aliphatic heterocycles. The molecule has 1 N–H and O–H groups in total. The van der Waals surface area contributed by atoms with E-state index in [9.17, 15) is 9.59 Å². The topological polar surface area (TPSA) is 61.8 Å². The molecule has 0 aromatic heterocycles. The Morgan fingerprint density at radius 3 is 2.96 bits per heavy atom. The Balaban J connectivity index is 1.59. The van der Waals surface area contributed by atoms with Gasteiger partial charge in [0.25, 0.3) is 0 Å². The summed E-state index contributed by atoms with van der Waals surface area (Å²) in [6, 6.07) is 15.2. The van der Waals surface area contributed by atoms with Crippen LogP contribution in [0.5, 0.6) is 0 Å². The maximum absolute atomic E-state index is 13.1. The number of para-hydroxylation sites is 2. The van der Waals surface area contributed by atoms with Gasteiger partial charge in [-0.1, -0.05) is 18.2 Å². The Morgan fingerprint density at radius 2 is 2.11 bits per heavy atom. The third kappa shape index (κ3) is 3.62. The number of benzene rings is 2.